The Balaban J connectivity index is 1.80. The molecule has 0 aromatic carbocycles. The lowest BCUT2D eigenvalue weighted by Crippen LogP contribution is -2.58. The van der Waals surface area contributed by atoms with Crippen LogP contribution in [0.4, 0.5) is 4.79 Å². The third kappa shape index (κ3) is 3.97. The van der Waals surface area contributed by atoms with Gasteiger partial charge in [0.1, 0.15) is 24.2 Å². The first-order valence-electron chi connectivity index (χ1n) is 9.89. The summed E-state index contributed by atoms with van der Waals surface area (Å²) in [5.74, 6) is -0.213. The van der Waals surface area contributed by atoms with Gasteiger partial charge in [-0.05, 0) is 52.4 Å². The Morgan fingerprint density at radius 1 is 1.29 bits per heavy atom. The minimum atomic E-state index is -0.687. The zero-order chi connectivity index (χ0) is 20.5. The molecule has 154 valence electrons. The molecule has 2 amide bonds. The van der Waals surface area contributed by atoms with Crippen molar-refractivity contribution in [2.75, 3.05) is 19.7 Å². The Bertz CT molecular complexity index is 670. The van der Waals surface area contributed by atoms with Gasteiger partial charge in [0.25, 0.3) is 0 Å². The topological polar surface area (TPSA) is 112 Å². The SMILES string of the molecule is CC(C)(C)OC(=O)N1[C@@H]2C[C@@H](C[C@H]2OCCN=O)[C@H]1C(=O)N1CCC[C@H]1C#N. The van der Waals surface area contributed by atoms with Crippen LogP contribution in [0.2, 0.25) is 0 Å². The summed E-state index contributed by atoms with van der Waals surface area (Å²) in [7, 11) is 0. The molecule has 0 aromatic rings. The molecule has 2 bridgehead atoms. The quantitative estimate of drug-likeness (QED) is 0.523. The van der Waals surface area contributed by atoms with Gasteiger partial charge < -0.3 is 14.4 Å². The molecule has 0 N–H and O–H groups in total. The van der Waals surface area contributed by atoms with Crippen molar-refractivity contribution in [3.8, 4) is 6.07 Å². The van der Waals surface area contributed by atoms with Crippen LogP contribution in [0.25, 0.3) is 0 Å². The van der Waals surface area contributed by atoms with Gasteiger partial charge in [-0.15, -0.1) is 0 Å². The van der Waals surface area contributed by atoms with E-state index in [0.29, 0.717) is 25.8 Å². The fourth-order valence-electron chi connectivity index (χ4n) is 4.64. The summed E-state index contributed by atoms with van der Waals surface area (Å²) in [6, 6.07) is 0.860. The second-order valence-electron chi connectivity index (χ2n) is 8.71. The second-order valence-corrected chi connectivity index (χ2v) is 8.71. The van der Waals surface area contributed by atoms with Crippen molar-refractivity contribution >= 4 is 12.0 Å². The standard InChI is InChI=1S/C19H28N4O5/c1-19(2,3)28-18(25)23-14-9-12(10-15(14)27-8-6-21-26)16(23)17(24)22-7-4-5-13(22)11-20/h12-16H,4-10H2,1-3H3/t12-,13-,14+,15+,16-/m0/s1. The number of amides is 2. The van der Waals surface area contributed by atoms with Crippen LogP contribution in [0.5, 0.6) is 0 Å². The van der Waals surface area contributed by atoms with Gasteiger partial charge in [-0.1, -0.05) is 5.18 Å². The van der Waals surface area contributed by atoms with Crippen LogP contribution in [0, 0.1) is 22.2 Å². The first-order chi connectivity index (χ1) is 13.3. The number of fused-ring (bicyclic) bond motifs is 2. The number of carbonyl (C=O) groups is 2. The molecule has 3 aliphatic rings. The molecule has 1 aliphatic carbocycles. The van der Waals surface area contributed by atoms with E-state index in [1.807, 2.05) is 0 Å². The highest BCUT2D eigenvalue weighted by atomic mass is 16.6. The number of nitriles is 1. The van der Waals surface area contributed by atoms with Gasteiger partial charge in [-0.3, -0.25) is 9.69 Å². The Kier molecular flexibility index (Phi) is 5.89. The molecule has 9 heteroatoms. The number of nitrogens with zero attached hydrogens (tertiary/aromatic N) is 4. The van der Waals surface area contributed by atoms with E-state index >= 15 is 0 Å². The zero-order valence-corrected chi connectivity index (χ0v) is 16.7. The maximum Gasteiger partial charge on any atom is 0.411 e. The maximum atomic E-state index is 13.3. The number of hydrogen-bond acceptors (Lipinski definition) is 7. The van der Waals surface area contributed by atoms with E-state index in [2.05, 4.69) is 11.2 Å². The van der Waals surface area contributed by atoms with Gasteiger partial charge in [-0.2, -0.15) is 10.2 Å². The predicted molar refractivity (Wildman–Crippen MR) is 99.1 cm³/mol. The molecule has 2 aliphatic heterocycles. The van der Waals surface area contributed by atoms with E-state index in [0.717, 1.165) is 6.42 Å². The normalized spacial score (nSPS) is 31.7. The zero-order valence-electron chi connectivity index (χ0n) is 16.7. The highest BCUT2D eigenvalue weighted by Gasteiger charge is 2.58. The fraction of sp³-hybridized carbons (Fsp3) is 0.842. The van der Waals surface area contributed by atoms with Gasteiger partial charge in [0.15, 0.2) is 0 Å². The third-order valence-electron chi connectivity index (χ3n) is 5.67. The lowest BCUT2D eigenvalue weighted by atomic mass is 9.96. The molecular weight excluding hydrogens is 364 g/mol. The molecule has 3 fully saturated rings. The van der Waals surface area contributed by atoms with Crippen molar-refractivity contribution in [2.24, 2.45) is 11.1 Å². The van der Waals surface area contributed by atoms with Crippen molar-refractivity contribution in [2.45, 2.75) is 76.3 Å². The van der Waals surface area contributed by atoms with Crippen LogP contribution in [0.1, 0.15) is 46.5 Å². The van der Waals surface area contributed by atoms with Crippen LogP contribution in [0.15, 0.2) is 5.18 Å². The van der Waals surface area contributed by atoms with Gasteiger partial charge in [0, 0.05) is 6.54 Å². The van der Waals surface area contributed by atoms with Gasteiger partial charge in [0.2, 0.25) is 5.91 Å². The van der Waals surface area contributed by atoms with Crippen LogP contribution in [-0.4, -0.2) is 71.3 Å². The van der Waals surface area contributed by atoms with Crippen molar-refractivity contribution in [3.05, 3.63) is 4.91 Å². The lowest BCUT2D eigenvalue weighted by molar-refractivity contribution is -0.140. The van der Waals surface area contributed by atoms with Crippen LogP contribution < -0.4 is 0 Å². The molecule has 0 unspecified atom stereocenters. The van der Waals surface area contributed by atoms with E-state index in [1.165, 1.54) is 4.90 Å². The average Bonchev–Trinajstić information content (AvgIpc) is 3.33. The Morgan fingerprint density at radius 3 is 2.68 bits per heavy atom. The Hall–Kier alpha value is -2.21. The minimum absolute atomic E-state index is 0.0425. The van der Waals surface area contributed by atoms with E-state index < -0.39 is 23.8 Å². The second kappa shape index (κ2) is 8.03. The number of hydrogen-bond donors (Lipinski definition) is 0. The maximum absolute atomic E-state index is 13.3. The van der Waals surface area contributed by atoms with Gasteiger partial charge >= 0.3 is 6.09 Å². The monoisotopic (exact) mass is 392 g/mol. The van der Waals surface area contributed by atoms with Gasteiger partial charge in [-0.25, -0.2) is 4.79 Å². The smallest absolute Gasteiger partial charge is 0.411 e. The summed E-state index contributed by atoms with van der Waals surface area (Å²) in [6.07, 6.45) is 1.98. The first kappa shape index (κ1) is 20.5. The van der Waals surface area contributed by atoms with Crippen LogP contribution in [0.3, 0.4) is 0 Å². The summed E-state index contributed by atoms with van der Waals surface area (Å²) in [6.45, 7) is 6.14. The molecule has 0 spiro atoms. The summed E-state index contributed by atoms with van der Waals surface area (Å²) in [5, 5.41) is 12.1. The first-order valence-corrected chi connectivity index (χ1v) is 9.89. The molecule has 28 heavy (non-hydrogen) atoms. The Labute approximate surface area is 164 Å². The highest BCUT2D eigenvalue weighted by molar-refractivity contribution is 5.88. The van der Waals surface area contributed by atoms with E-state index in [-0.39, 0.29) is 37.1 Å². The number of likely N-dealkylation sites (tertiary alicyclic amines) is 2. The molecule has 9 nitrogen and oxygen atoms in total. The number of rotatable bonds is 5. The number of carbonyl (C=O) groups excluding carboxylic acids is 2. The van der Waals surface area contributed by atoms with E-state index in [1.54, 1.807) is 25.7 Å². The van der Waals surface area contributed by atoms with Crippen molar-refractivity contribution < 1.29 is 19.1 Å². The van der Waals surface area contributed by atoms with Crippen molar-refractivity contribution in [1.82, 2.24) is 9.80 Å². The third-order valence-corrected chi connectivity index (χ3v) is 5.67. The molecule has 2 heterocycles. The summed E-state index contributed by atoms with van der Waals surface area (Å²) >= 11 is 0. The summed E-state index contributed by atoms with van der Waals surface area (Å²) in [4.78, 5) is 39.7. The summed E-state index contributed by atoms with van der Waals surface area (Å²) in [5.41, 5.74) is -0.687. The number of ether oxygens (including phenoxy) is 2. The van der Waals surface area contributed by atoms with Gasteiger partial charge in [0.05, 0.1) is 24.8 Å². The van der Waals surface area contributed by atoms with Crippen LogP contribution in [-0.2, 0) is 14.3 Å². The molecule has 0 aromatic heterocycles. The fourth-order valence-corrected chi connectivity index (χ4v) is 4.64. The molecule has 2 saturated heterocycles. The van der Waals surface area contributed by atoms with E-state index in [4.69, 9.17) is 9.47 Å². The van der Waals surface area contributed by atoms with E-state index in [9.17, 15) is 19.8 Å². The largest absolute Gasteiger partial charge is 0.444 e. The van der Waals surface area contributed by atoms with Crippen LogP contribution >= 0.6 is 0 Å². The minimum Gasteiger partial charge on any atom is -0.444 e. The average molecular weight is 392 g/mol. The molecule has 5 atom stereocenters. The predicted octanol–water partition coefficient (Wildman–Crippen LogP) is 2.05. The van der Waals surface area contributed by atoms with Crippen molar-refractivity contribution in [1.29, 1.82) is 5.26 Å². The molecule has 1 saturated carbocycles. The molecular formula is C19H28N4O5. The number of piperidine rings is 1. The number of nitroso groups, excluding NO2 is 1. The van der Waals surface area contributed by atoms with Crippen molar-refractivity contribution in [3.63, 3.8) is 0 Å². The summed E-state index contributed by atoms with van der Waals surface area (Å²) < 4.78 is 11.3. The molecule has 3 rings (SSSR count). The highest BCUT2D eigenvalue weighted by Crippen LogP contribution is 2.45. The Morgan fingerprint density at radius 2 is 2.04 bits per heavy atom. The lowest BCUT2D eigenvalue weighted by Gasteiger charge is -2.40. The molecule has 0 radical (unpaired) electrons.